The summed E-state index contributed by atoms with van der Waals surface area (Å²) in [5.74, 6) is 2.31. The molecule has 2 N–H and O–H groups in total. The molecule has 0 bridgehead atoms. The zero-order valence-corrected chi connectivity index (χ0v) is 11.6. The molecule has 0 fully saturated rings. The van der Waals surface area contributed by atoms with Crippen LogP contribution in [-0.2, 0) is 0 Å². The molecule has 0 atom stereocenters. The lowest BCUT2D eigenvalue weighted by Gasteiger charge is -2.13. The van der Waals surface area contributed by atoms with Crippen molar-refractivity contribution in [1.29, 1.82) is 0 Å². The van der Waals surface area contributed by atoms with E-state index in [4.69, 9.17) is 10.5 Å². The van der Waals surface area contributed by atoms with Gasteiger partial charge in [0.2, 0.25) is 5.95 Å². The minimum absolute atomic E-state index is 0.152. The Morgan fingerprint density at radius 3 is 2.42 bits per heavy atom. The minimum Gasteiger partial charge on any atom is -0.491 e. The van der Waals surface area contributed by atoms with E-state index in [2.05, 4.69) is 15.0 Å². The Balaban J connectivity index is 2.38. The lowest BCUT2D eigenvalue weighted by atomic mass is 10.1. The third kappa shape index (κ3) is 3.19. The Morgan fingerprint density at radius 1 is 1.11 bits per heavy atom. The highest BCUT2D eigenvalue weighted by molar-refractivity contribution is 5.59. The molecule has 100 valence electrons. The summed E-state index contributed by atoms with van der Waals surface area (Å²) < 4.78 is 5.71. The van der Waals surface area contributed by atoms with Crippen molar-refractivity contribution in [3.63, 3.8) is 0 Å². The topological polar surface area (TPSA) is 73.9 Å². The van der Waals surface area contributed by atoms with Crippen molar-refractivity contribution < 1.29 is 4.74 Å². The van der Waals surface area contributed by atoms with Crippen molar-refractivity contribution in [2.75, 3.05) is 5.73 Å². The molecule has 1 aromatic carbocycles. The van der Waals surface area contributed by atoms with Gasteiger partial charge in [0.1, 0.15) is 11.6 Å². The number of anilines is 1. The lowest BCUT2D eigenvalue weighted by Crippen LogP contribution is -2.07. The molecule has 5 heteroatoms. The van der Waals surface area contributed by atoms with Crippen LogP contribution in [0.4, 0.5) is 5.95 Å². The van der Waals surface area contributed by atoms with Crippen LogP contribution < -0.4 is 10.5 Å². The summed E-state index contributed by atoms with van der Waals surface area (Å²) in [5.41, 5.74) is 7.60. The maximum atomic E-state index is 5.71. The fraction of sp³-hybridized carbons (Fsp3) is 0.357. The highest BCUT2D eigenvalue weighted by Crippen LogP contribution is 2.25. The van der Waals surface area contributed by atoms with E-state index < -0.39 is 0 Å². The van der Waals surface area contributed by atoms with Crippen LogP contribution in [0.25, 0.3) is 11.4 Å². The number of nitrogens with zero attached hydrogens (tertiary/aromatic N) is 3. The SMILES string of the molecule is Cc1nc(N)nc(-c2ccc(OC(C)C)c(C)c2)n1. The van der Waals surface area contributed by atoms with Crippen LogP contribution in [0.5, 0.6) is 5.75 Å². The minimum atomic E-state index is 0.152. The average Bonchev–Trinajstić information content (AvgIpc) is 2.30. The van der Waals surface area contributed by atoms with Crippen LogP contribution in [0, 0.1) is 13.8 Å². The van der Waals surface area contributed by atoms with E-state index in [0.717, 1.165) is 16.9 Å². The van der Waals surface area contributed by atoms with Gasteiger partial charge in [-0.2, -0.15) is 9.97 Å². The molecule has 0 radical (unpaired) electrons. The Labute approximate surface area is 112 Å². The van der Waals surface area contributed by atoms with Crippen molar-refractivity contribution in [3.05, 3.63) is 29.6 Å². The van der Waals surface area contributed by atoms with Crippen LogP contribution in [0.15, 0.2) is 18.2 Å². The van der Waals surface area contributed by atoms with Crippen LogP contribution in [0.2, 0.25) is 0 Å². The Hall–Kier alpha value is -2.17. The Morgan fingerprint density at radius 2 is 1.84 bits per heavy atom. The zero-order chi connectivity index (χ0) is 14.0. The predicted octanol–water partition coefficient (Wildman–Crippen LogP) is 2.52. The van der Waals surface area contributed by atoms with Crippen LogP contribution in [0.3, 0.4) is 0 Å². The first kappa shape index (κ1) is 13.3. The summed E-state index contributed by atoms with van der Waals surface area (Å²) in [6, 6.07) is 5.85. The third-order valence-corrected chi connectivity index (χ3v) is 2.56. The molecule has 0 amide bonds. The molecule has 0 saturated heterocycles. The number of nitrogens with two attached hydrogens (primary N) is 1. The number of hydrogen-bond acceptors (Lipinski definition) is 5. The van der Waals surface area contributed by atoms with Gasteiger partial charge < -0.3 is 10.5 Å². The van der Waals surface area contributed by atoms with Crippen molar-refractivity contribution >= 4 is 5.95 Å². The predicted molar refractivity (Wildman–Crippen MR) is 74.9 cm³/mol. The van der Waals surface area contributed by atoms with Gasteiger partial charge in [-0.15, -0.1) is 0 Å². The molecule has 5 nitrogen and oxygen atoms in total. The first-order valence-electron chi connectivity index (χ1n) is 6.21. The molecule has 19 heavy (non-hydrogen) atoms. The van der Waals surface area contributed by atoms with Crippen LogP contribution in [-0.4, -0.2) is 21.1 Å². The number of aromatic nitrogens is 3. The number of ether oxygens (including phenoxy) is 1. The molecule has 0 saturated carbocycles. The molecular weight excluding hydrogens is 240 g/mol. The van der Waals surface area contributed by atoms with Gasteiger partial charge in [-0.25, -0.2) is 4.98 Å². The molecular formula is C14H18N4O. The van der Waals surface area contributed by atoms with Crippen molar-refractivity contribution in [1.82, 2.24) is 15.0 Å². The highest BCUT2D eigenvalue weighted by Gasteiger charge is 2.08. The molecule has 2 rings (SSSR count). The van der Waals surface area contributed by atoms with Gasteiger partial charge in [0, 0.05) is 5.56 Å². The van der Waals surface area contributed by atoms with Crippen molar-refractivity contribution in [2.24, 2.45) is 0 Å². The largest absolute Gasteiger partial charge is 0.491 e. The Kier molecular flexibility index (Phi) is 3.64. The number of nitrogen functional groups attached to an aromatic ring is 1. The van der Waals surface area contributed by atoms with Gasteiger partial charge in [-0.05, 0) is 51.5 Å². The first-order chi connectivity index (χ1) is 8.95. The second-order valence-electron chi connectivity index (χ2n) is 4.71. The number of hydrogen-bond donors (Lipinski definition) is 1. The van der Waals surface area contributed by atoms with Crippen LogP contribution in [0.1, 0.15) is 25.2 Å². The van der Waals surface area contributed by atoms with Crippen molar-refractivity contribution in [2.45, 2.75) is 33.8 Å². The summed E-state index contributed by atoms with van der Waals surface area (Å²) >= 11 is 0. The van der Waals surface area contributed by atoms with Gasteiger partial charge in [0.25, 0.3) is 0 Å². The molecule has 0 unspecified atom stereocenters. The summed E-state index contributed by atoms with van der Waals surface area (Å²) in [4.78, 5) is 12.4. The normalized spacial score (nSPS) is 10.8. The summed E-state index contributed by atoms with van der Waals surface area (Å²) in [6.45, 7) is 7.80. The highest BCUT2D eigenvalue weighted by atomic mass is 16.5. The van der Waals surface area contributed by atoms with E-state index in [-0.39, 0.29) is 12.1 Å². The second kappa shape index (κ2) is 5.22. The molecule has 0 aliphatic carbocycles. The quantitative estimate of drug-likeness (QED) is 0.915. The van der Waals surface area contributed by atoms with E-state index in [1.54, 1.807) is 6.92 Å². The van der Waals surface area contributed by atoms with E-state index in [1.165, 1.54) is 0 Å². The molecule has 1 heterocycles. The monoisotopic (exact) mass is 258 g/mol. The molecule has 0 aliphatic heterocycles. The maximum absolute atomic E-state index is 5.71. The summed E-state index contributed by atoms with van der Waals surface area (Å²) in [5, 5.41) is 0. The first-order valence-corrected chi connectivity index (χ1v) is 6.21. The molecule has 0 aliphatic rings. The van der Waals surface area contributed by atoms with E-state index in [0.29, 0.717) is 11.6 Å². The zero-order valence-electron chi connectivity index (χ0n) is 11.6. The lowest BCUT2D eigenvalue weighted by molar-refractivity contribution is 0.241. The fourth-order valence-electron chi connectivity index (χ4n) is 1.81. The average molecular weight is 258 g/mol. The number of aryl methyl sites for hydroxylation is 2. The van der Waals surface area contributed by atoms with Gasteiger partial charge in [-0.3, -0.25) is 0 Å². The molecule has 0 spiro atoms. The smallest absolute Gasteiger partial charge is 0.223 e. The third-order valence-electron chi connectivity index (χ3n) is 2.56. The number of rotatable bonds is 3. The second-order valence-corrected chi connectivity index (χ2v) is 4.71. The summed E-state index contributed by atoms with van der Waals surface area (Å²) in [6.07, 6.45) is 0.152. The van der Waals surface area contributed by atoms with E-state index in [9.17, 15) is 0 Å². The fourth-order valence-corrected chi connectivity index (χ4v) is 1.81. The standard InChI is InChI=1S/C14H18N4O/c1-8(2)19-12-6-5-11(7-9(12)3)13-16-10(4)17-14(15)18-13/h5-8H,1-4H3,(H2,15,16,17,18). The summed E-state index contributed by atoms with van der Waals surface area (Å²) in [7, 11) is 0. The van der Waals surface area contributed by atoms with E-state index in [1.807, 2.05) is 39.0 Å². The van der Waals surface area contributed by atoms with Crippen LogP contribution >= 0.6 is 0 Å². The molecule has 2 aromatic rings. The van der Waals surface area contributed by atoms with Gasteiger partial charge in [0.15, 0.2) is 5.82 Å². The van der Waals surface area contributed by atoms with E-state index >= 15 is 0 Å². The number of benzene rings is 1. The molecule has 1 aromatic heterocycles. The Bertz CT molecular complexity index is 576. The van der Waals surface area contributed by atoms with Gasteiger partial charge in [0.05, 0.1) is 6.10 Å². The maximum Gasteiger partial charge on any atom is 0.223 e. The van der Waals surface area contributed by atoms with Gasteiger partial charge >= 0.3 is 0 Å². The van der Waals surface area contributed by atoms with Gasteiger partial charge in [-0.1, -0.05) is 0 Å². The van der Waals surface area contributed by atoms with Crippen molar-refractivity contribution in [3.8, 4) is 17.1 Å².